The van der Waals surface area contributed by atoms with Crippen molar-refractivity contribution in [1.29, 1.82) is 0 Å². The smallest absolute Gasteiger partial charge is 0.310 e. The predicted octanol–water partition coefficient (Wildman–Crippen LogP) is 2.42. The highest BCUT2D eigenvalue weighted by Crippen LogP contribution is 2.19. The van der Waals surface area contributed by atoms with Crippen LogP contribution < -0.4 is 10.0 Å². The fourth-order valence-electron chi connectivity index (χ4n) is 1.56. The predicted molar refractivity (Wildman–Crippen MR) is 74.3 cm³/mol. The first kappa shape index (κ1) is 17.9. The number of benzene rings is 1. The monoisotopic (exact) mass is 324 g/mol. The van der Waals surface area contributed by atoms with Crippen LogP contribution in [0.3, 0.4) is 0 Å². The van der Waals surface area contributed by atoms with Crippen molar-refractivity contribution >= 4 is 10.0 Å². The summed E-state index contributed by atoms with van der Waals surface area (Å²) in [5.41, 5.74) is 0.752. The van der Waals surface area contributed by atoms with Crippen molar-refractivity contribution in [1.82, 2.24) is 10.0 Å². The first-order valence-electron chi connectivity index (χ1n) is 6.49. The maximum Gasteiger partial charge on any atom is 0.390 e. The Kier molecular flexibility index (Phi) is 6.18. The molecule has 0 unspecified atom stereocenters. The highest BCUT2D eigenvalue weighted by atomic mass is 32.2. The summed E-state index contributed by atoms with van der Waals surface area (Å²) in [5.74, 6) is 0. The van der Waals surface area contributed by atoms with Crippen LogP contribution in [-0.2, 0) is 16.6 Å². The Bertz CT molecular complexity index is 557. The summed E-state index contributed by atoms with van der Waals surface area (Å²) in [6.07, 6.45) is -5.58. The van der Waals surface area contributed by atoms with Crippen LogP contribution in [0.25, 0.3) is 0 Å². The van der Waals surface area contributed by atoms with Gasteiger partial charge in [0, 0.05) is 19.1 Å². The van der Waals surface area contributed by atoms with E-state index in [1.165, 1.54) is 12.1 Å². The summed E-state index contributed by atoms with van der Waals surface area (Å²) >= 11 is 0. The van der Waals surface area contributed by atoms with Crippen molar-refractivity contribution in [3.63, 3.8) is 0 Å². The molecule has 0 spiro atoms. The van der Waals surface area contributed by atoms with Gasteiger partial charge in [-0.2, -0.15) is 13.2 Å². The Labute approximate surface area is 122 Å². The molecule has 0 aliphatic carbocycles. The van der Waals surface area contributed by atoms with Crippen LogP contribution in [0, 0.1) is 0 Å². The largest absolute Gasteiger partial charge is 0.390 e. The molecule has 1 aromatic carbocycles. The minimum atomic E-state index is -4.38. The Balaban J connectivity index is 2.72. The van der Waals surface area contributed by atoms with E-state index in [9.17, 15) is 21.6 Å². The average molecular weight is 324 g/mol. The van der Waals surface area contributed by atoms with Crippen molar-refractivity contribution in [2.75, 3.05) is 6.54 Å². The third-order valence-corrected chi connectivity index (χ3v) is 4.08. The number of rotatable bonds is 7. The van der Waals surface area contributed by atoms with Crippen LogP contribution in [0.1, 0.15) is 25.8 Å². The summed E-state index contributed by atoms with van der Waals surface area (Å²) < 4.78 is 61.9. The van der Waals surface area contributed by atoms with Gasteiger partial charge in [-0.05, 0) is 17.7 Å². The normalized spacial score (nSPS) is 12.9. The lowest BCUT2D eigenvalue weighted by molar-refractivity contribution is -0.132. The van der Waals surface area contributed by atoms with Crippen molar-refractivity contribution < 1.29 is 21.6 Å². The molecule has 21 heavy (non-hydrogen) atoms. The van der Waals surface area contributed by atoms with E-state index in [4.69, 9.17) is 0 Å². The molecule has 0 saturated heterocycles. The summed E-state index contributed by atoms with van der Waals surface area (Å²) in [5, 5.41) is 3.14. The quantitative estimate of drug-likeness (QED) is 0.810. The standard InChI is InChI=1S/C13H19F3N2O2S/c1-10(2)17-9-11-4-3-5-12(8-11)21(19,20)18-7-6-13(14,15)16/h3-5,8,10,17-18H,6-7,9H2,1-2H3. The molecule has 0 amide bonds. The van der Waals surface area contributed by atoms with E-state index in [1.54, 1.807) is 12.1 Å². The highest BCUT2D eigenvalue weighted by Gasteiger charge is 2.27. The summed E-state index contributed by atoms with van der Waals surface area (Å²) in [6.45, 7) is 3.74. The van der Waals surface area contributed by atoms with Gasteiger partial charge in [0.2, 0.25) is 10.0 Å². The van der Waals surface area contributed by atoms with Gasteiger partial charge in [0.25, 0.3) is 0 Å². The molecule has 2 N–H and O–H groups in total. The Morgan fingerprint density at radius 1 is 1.24 bits per heavy atom. The van der Waals surface area contributed by atoms with Gasteiger partial charge in [0.05, 0.1) is 11.3 Å². The molecule has 1 rings (SSSR count). The molecule has 0 aromatic heterocycles. The van der Waals surface area contributed by atoms with Crippen LogP contribution in [-0.4, -0.2) is 27.2 Å². The fraction of sp³-hybridized carbons (Fsp3) is 0.538. The molecule has 4 nitrogen and oxygen atoms in total. The lowest BCUT2D eigenvalue weighted by Crippen LogP contribution is -2.28. The van der Waals surface area contributed by atoms with E-state index < -0.39 is 29.2 Å². The Morgan fingerprint density at radius 2 is 1.90 bits per heavy atom. The molecule has 0 saturated carbocycles. The van der Waals surface area contributed by atoms with Crippen molar-refractivity contribution in [2.45, 2.75) is 43.9 Å². The maximum absolute atomic E-state index is 12.0. The van der Waals surface area contributed by atoms with Gasteiger partial charge >= 0.3 is 6.18 Å². The number of hydrogen-bond donors (Lipinski definition) is 2. The van der Waals surface area contributed by atoms with E-state index >= 15 is 0 Å². The molecule has 120 valence electrons. The summed E-state index contributed by atoms with van der Waals surface area (Å²) in [6, 6.07) is 6.37. The number of alkyl halides is 3. The third kappa shape index (κ3) is 6.92. The van der Waals surface area contributed by atoms with E-state index in [1.807, 2.05) is 18.6 Å². The van der Waals surface area contributed by atoms with E-state index in [2.05, 4.69) is 5.32 Å². The van der Waals surface area contributed by atoms with Gasteiger partial charge in [0.15, 0.2) is 0 Å². The lowest BCUT2D eigenvalue weighted by Gasteiger charge is -2.11. The van der Waals surface area contributed by atoms with Crippen LogP contribution in [0.5, 0.6) is 0 Å². The zero-order valence-corrected chi connectivity index (χ0v) is 12.7. The van der Waals surface area contributed by atoms with Gasteiger partial charge in [-0.1, -0.05) is 26.0 Å². The average Bonchev–Trinajstić information content (AvgIpc) is 2.35. The number of sulfonamides is 1. The fourth-order valence-corrected chi connectivity index (χ4v) is 2.66. The van der Waals surface area contributed by atoms with Crippen molar-refractivity contribution in [2.24, 2.45) is 0 Å². The molecule has 0 aliphatic heterocycles. The molecular formula is C13H19F3N2O2S. The third-order valence-electron chi connectivity index (χ3n) is 2.62. The molecule has 0 atom stereocenters. The molecule has 0 bridgehead atoms. The number of nitrogens with one attached hydrogen (secondary N) is 2. The minimum absolute atomic E-state index is 0.0345. The number of halogens is 3. The first-order valence-corrected chi connectivity index (χ1v) is 7.97. The van der Waals surface area contributed by atoms with E-state index in [-0.39, 0.29) is 10.9 Å². The highest BCUT2D eigenvalue weighted by molar-refractivity contribution is 7.89. The van der Waals surface area contributed by atoms with Crippen molar-refractivity contribution in [3.05, 3.63) is 29.8 Å². The molecule has 0 aliphatic rings. The number of hydrogen-bond acceptors (Lipinski definition) is 3. The van der Waals surface area contributed by atoms with Crippen LogP contribution in [0.4, 0.5) is 13.2 Å². The Hall–Kier alpha value is -1.12. The second-order valence-corrected chi connectivity index (χ2v) is 6.71. The molecule has 0 fully saturated rings. The zero-order valence-electron chi connectivity index (χ0n) is 11.9. The van der Waals surface area contributed by atoms with Crippen LogP contribution in [0.15, 0.2) is 29.2 Å². The minimum Gasteiger partial charge on any atom is -0.310 e. The van der Waals surface area contributed by atoms with Crippen molar-refractivity contribution in [3.8, 4) is 0 Å². The first-order chi connectivity index (χ1) is 9.60. The Morgan fingerprint density at radius 3 is 2.48 bits per heavy atom. The SMILES string of the molecule is CC(C)NCc1cccc(S(=O)(=O)NCCC(F)(F)F)c1. The summed E-state index contributed by atoms with van der Waals surface area (Å²) in [4.78, 5) is -0.0345. The molecular weight excluding hydrogens is 305 g/mol. The van der Waals surface area contributed by atoms with Gasteiger partial charge in [-0.15, -0.1) is 0 Å². The topological polar surface area (TPSA) is 58.2 Å². The van der Waals surface area contributed by atoms with Crippen LogP contribution in [0.2, 0.25) is 0 Å². The van der Waals surface area contributed by atoms with Crippen LogP contribution >= 0.6 is 0 Å². The molecule has 0 radical (unpaired) electrons. The summed E-state index contributed by atoms with van der Waals surface area (Å²) in [7, 11) is -3.92. The van der Waals surface area contributed by atoms with E-state index in [0.29, 0.717) is 6.54 Å². The van der Waals surface area contributed by atoms with E-state index in [0.717, 1.165) is 5.56 Å². The second-order valence-electron chi connectivity index (χ2n) is 4.95. The second kappa shape index (κ2) is 7.24. The molecule has 8 heteroatoms. The van der Waals surface area contributed by atoms with Gasteiger partial charge in [-0.25, -0.2) is 13.1 Å². The molecule has 0 heterocycles. The lowest BCUT2D eigenvalue weighted by atomic mass is 10.2. The van der Waals surface area contributed by atoms with Gasteiger partial charge in [-0.3, -0.25) is 0 Å². The van der Waals surface area contributed by atoms with Gasteiger partial charge < -0.3 is 5.32 Å². The van der Waals surface area contributed by atoms with Gasteiger partial charge in [0.1, 0.15) is 0 Å². The molecule has 1 aromatic rings. The maximum atomic E-state index is 12.0. The zero-order chi connectivity index (χ0) is 16.1.